The van der Waals surface area contributed by atoms with Gasteiger partial charge in [-0.1, -0.05) is 41.9 Å². The highest BCUT2D eigenvalue weighted by molar-refractivity contribution is 6.33. The Bertz CT molecular complexity index is 1150. The van der Waals surface area contributed by atoms with Crippen LogP contribution in [0.3, 0.4) is 0 Å². The largest absolute Gasteiger partial charge is 0.493 e. The van der Waals surface area contributed by atoms with Gasteiger partial charge in [-0.15, -0.1) is 0 Å². The number of carbonyl (C=O) groups is 3. The van der Waals surface area contributed by atoms with Crippen LogP contribution in [0.25, 0.3) is 0 Å². The van der Waals surface area contributed by atoms with Gasteiger partial charge in [-0.2, -0.15) is 0 Å². The minimum atomic E-state index is -0.857. The zero-order valence-electron chi connectivity index (χ0n) is 22.9. The molecular weight excluding hydrogens is 524 g/mol. The molecule has 1 saturated carbocycles. The molecule has 2 N–H and O–H groups in total. The molecule has 1 aliphatic rings. The second kappa shape index (κ2) is 14.2. The Morgan fingerprint density at radius 2 is 1.79 bits per heavy atom. The molecule has 0 bridgehead atoms. The lowest BCUT2D eigenvalue weighted by Gasteiger charge is -2.37. The number of carbonyl (C=O) groups excluding carboxylic acids is 2. The smallest absolute Gasteiger partial charge is 0.318 e. The highest BCUT2D eigenvalue weighted by Crippen LogP contribution is 2.43. The van der Waals surface area contributed by atoms with E-state index in [0.29, 0.717) is 37.4 Å². The molecule has 0 saturated heterocycles. The van der Waals surface area contributed by atoms with E-state index in [9.17, 15) is 19.5 Å². The molecule has 0 radical (unpaired) electrons. The summed E-state index contributed by atoms with van der Waals surface area (Å²) in [7, 11) is 0. The number of amides is 2. The molecule has 1 aliphatic carbocycles. The number of nitrogens with one attached hydrogen (secondary N) is 1. The third kappa shape index (κ3) is 7.64. The fraction of sp³-hybridized carbons (Fsp3) is 0.483. The first kappa shape index (κ1) is 30.2. The molecule has 10 heteroatoms. The number of hydrogen-bond acceptors (Lipinski definition) is 6. The number of rotatable bonds is 14. The molecule has 0 spiro atoms. The third-order valence-electron chi connectivity index (χ3n) is 6.73. The van der Waals surface area contributed by atoms with Gasteiger partial charge in [0.05, 0.1) is 43.4 Å². The number of urea groups is 1. The van der Waals surface area contributed by atoms with Gasteiger partial charge in [-0.3, -0.25) is 9.59 Å². The fourth-order valence-corrected chi connectivity index (χ4v) is 4.94. The van der Waals surface area contributed by atoms with Crippen molar-refractivity contribution in [3.05, 3.63) is 58.1 Å². The standard InChI is InChI=1S/C29H37ClN2O7/c1-5-38-24-16-23(26(30)27(39-6-2)25(24)19(4)33)18(3)32(12-13-37-17-20-10-8-7-9-11-20)29(36)31-22-14-21(15-22)28(34)35/h7-11,16,18,21-22H,5-6,12-15,17H2,1-4H3,(H,31,36)(H,34,35)/t18-,21?,22?/m1/s1. The first-order chi connectivity index (χ1) is 18.7. The molecule has 2 aromatic carbocycles. The average Bonchev–Trinajstić information content (AvgIpc) is 2.87. The first-order valence-electron chi connectivity index (χ1n) is 13.2. The van der Waals surface area contributed by atoms with E-state index in [1.54, 1.807) is 17.9 Å². The van der Waals surface area contributed by atoms with Crippen LogP contribution in [0.4, 0.5) is 4.79 Å². The lowest BCUT2D eigenvalue weighted by atomic mass is 9.80. The van der Waals surface area contributed by atoms with Gasteiger partial charge in [-0.05, 0) is 52.2 Å². The summed E-state index contributed by atoms with van der Waals surface area (Å²) in [5, 5.41) is 12.4. The summed E-state index contributed by atoms with van der Waals surface area (Å²) in [6, 6.07) is 10.3. The Labute approximate surface area is 234 Å². The Kier molecular flexibility index (Phi) is 11.0. The number of carboxylic acids is 1. The Morgan fingerprint density at radius 1 is 1.13 bits per heavy atom. The van der Waals surface area contributed by atoms with E-state index in [1.165, 1.54) is 6.92 Å². The molecule has 0 unspecified atom stereocenters. The SMILES string of the molecule is CCOc1cc([C@@H](C)N(CCOCc2ccccc2)C(=O)NC2CC(C(=O)O)C2)c(Cl)c(OCC)c1C(C)=O. The number of Topliss-reactive ketones (excluding diaryl/α,β-unsaturated/α-hetero) is 1. The molecule has 0 heterocycles. The fourth-order valence-electron chi connectivity index (χ4n) is 4.58. The lowest BCUT2D eigenvalue weighted by molar-refractivity contribution is -0.145. The molecule has 39 heavy (non-hydrogen) atoms. The Balaban J connectivity index is 1.87. The van der Waals surface area contributed by atoms with Crippen LogP contribution in [-0.4, -0.2) is 60.2 Å². The maximum Gasteiger partial charge on any atom is 0.318 e. The summed E-state index contributed by atoms with van der Waals surface area (Å²) in [6.07, 6.45) is 0.760. The highest BCUT2D eigenvalue weighted by Gasteiger charge is 2.37. The molecule has 0 aliphatic heterocycles. The van der Waals surface area contributed by atoms with Crippen LogP contribution in [0, 0.1) is 5.92 Å². The Hall–Kier alpha value is -3.30. The van der Waals surface area contributed by atoms with E-state index < -0.39 is 17.9 Å². The van der Waals surface area contributed by atoms with Crippen molar-refractivity contribution in [1.82, 2.24) is 10.2 Å². The summed E-state index contributed by atoms with van der Waals surface area (Å²) in [5.41, 5.74) is 1.83. The number of aliphatic carboxylic acids is 1. The molecule has 1 fully saturated rings. The summed E-state index contributed by atoms with van der Waals surface area (Å²) >= 11 is 6.80. The van der Waals surface area contributed by atoms with Crippen molar-refractivity contribution < 1.29 is 33.7 Å². The van der Waals surface area contributed by atoms with Crippen molar-refractivity contribution in [3.63, 3.8) is 0 Å². The van der Waals surface area contributed by atoms with Crippen LogP contribution in [0.5, 0.6) is 11.5 Å². The molecular formula is C29H37ClN2O7. The van der Waals surface area contributed by atoms with Gasteiger partial charge >= 0.3 is 12.0 Å². The van der Waals surface area contributed by atoms with Gasteiger partial charge in [0.2, 0.25) is 0 Å². The summed E-state index contributed by atoms with van der Waals surface area (Å²) in [4.78, 5) is 38.8. The predicted octanol–water partition coefficient (Wildman–Crippen LogP) is 5.49. The minimum Gasteiger partial charge on any atom is -0.493 e. The van der Waals surface area contributed by atoms with E-state index in [4.69, 9.17) is 25.8 Å². The third-order valence-corrected chi connectivity index (χ3v) is 7.12. The predicted molar refractivity (Wildman–Crippen MR) is 148 cm³/mol. The molecule has 2 aromatic rings. The second-order valence-corrected chi connectivity index (χ2v) is 9.84. The summed E-state index contributed by atoms with van der Waals surface area (Å²) in [5.74, 6) is -0.993. The van der Waals surface area contributed by atoms with Crippen LogP contribution in [-0.2, 0) is 16.1 Å². The number of hydrogen-bond donors (Lipinski definition) is 2. The molecule has 9 nitrogen and oxygen atoms in total. The van der Waals surface area contributed by atoms with Crippen LogP contribution < -0.4 is 14.8 Å². The molecule has 3 rings (SSSR count). The van der Waals surface area contributed by atoms with Crippen molar-refractivity contribution in [2.24, 2.45) is 5.92 Å². The van der Waals surface area contributed by atoms with E-state index in [0.717, 1.165) is 5.56 Å². The van der Waals surface area contributed by atoms with Crippen molar-refractivity contribution in [1.29, 1.82) is 0 Å². The Morgan fingerprint density at radius 3 is 2.38 bits per heavy atom. The van der Waals surface area contributed by atoms with Gasteiger partial charge in [0.1, 0.15) is 11.3 Å². The van der Waals surface area contributed by atoms with Crippen molar-refractivity contribution >= 4 is 29.4 Å². The van der Waals surface area contributed by atoms with Crippen molar-refractivity contribution in [3.8, 4) is 11.5 Å². The molecule has 1 atom stereocenters. The maximum atomic E-state index is 13.5. The van der Waals surface area contributed by atoms with Gasteiger partial charge < -0.3 is 29.5 Å². The summed E-state index contributed by atoms with van der Waals surface area (Å²) < 4.78 is 17.4. The van der Waals surface area contributed by atoms with Gasteiger partial charge in [0.25, 0.3) is 0 Å². The average molecular weight is 561 g/mol. The topological polar surface area (TPSA) is 114 Å². The van der Waals surface area contributed by atoms with Crippen molar-refractivity contribution in [2.45, 2.75) is 59.2 Å². The van der Waals surface area contributed by atoms with E-state index >= 15 is 0 Å². The number of ether oxygens (including phenoxy) is 3. The van der Waals surface area contributed by atoms with E-state index in [1.807, 2.05) is 44.2 Å². The second-order valence-electron chi connectivity index (χ2n) is 9.46. The maximum absolute atomic E-state index is 13.5. The number of ketones is 1. The van der Waals surface area contributed by atoms with Crippen LogP contribution in [0.1, 0.15) is 68.1 Å². The highest BCUT2D eigenvalue weighted by atomic mass is 35.5. The monoisotopic (exact) mass is 560 g/mol. The first-order valence-corrected chi connectivity index (χ1v) is 13.6. The zero-order valence-corrected chi connectivity index (χ0v) is 23.6. The summed E-state index contributed by atoms with van der Waals surface area (Å²) in [6.45, 7) is 8.37. The molecule has 2 amide bonds. The van der Waals surface area contributed by atoms with E-state index in [-0.39, 0.29) is 54.0 Å². The van der Waals surface area contributed by atoms with Gasteiger partial charge in [0.15, 0.2) is 11.5 Å². The number of benzene rings is 2. The van der Waals surface area contributed by atoms with Crippen LogP contribution in [0.15, 0.2) is 36.4 Å². The minimum absolute atomic E-state index is 0.225. The van der Waals surface area contributed by atoms with Crippen molar-refractivity contribution in [2.75, 3.05) is 26.4 Å². The number of halogens is 1. The zero-order chi connectivity index (χ0) is 28.5. The van der Waals surface area contributed by atoms with Gasteiger partial charge in [0, 0.05) is 18.2 Å². The van der Waals surface area contributed by atoms with E-state index in [2.05, 4.69) is 5.32 Å². The number of carboxylic acid groups (broad SMARTS) is 1. The van der Waals surface area contributed by atoms with Gasteiger partial charge in [-0.25, -0.2) is 4.79 Å². The lowest BCUT2D eigenvalue weighted by Crippen LogP contribution is -2.52. The molecule has 0 aromatic heterocycles. The quantitative estimate of drug-likeness (QED) is 0.232. The van der Waals surface area contributed by atoms with Crippen LogP contribution in [0.2, 0.25) is 5.02 Å². The molecule has 212 valence electrons. The number of nitrogens with zero attached hydrogens (tertiary/aromatic N) is 1. The normalized spacial score (nSPS) is 17.1. The van der Waals surface area contributed by atoms with Crippen LogP contribution >= 0.6 is 11.6 Å².